The van der Waals surface area contributed by atoms with Crippen LogP contribution in [0.3, 0.4) is 0 Å². The predicted octanol–water partition coefficient (Wildman–Crippen LogP) is 3.66. The molecule has 0 aromatic heterocycles. The molecule has 4 nitrogen and oxygen atoms in total. The van der Waals surface area contributed by atoms with E-state index in [1.54, 1.807) is 0 Å². The van der Waals surface area contributed by atoms with Crippen molar-refractivity contribution in [2.75, 3.05) is 39.3 Å². The predicted molar refractivity (Wildman–Crippen MR) is 114 cm³/mol. The number of nitrogens with zero attached hydrogens (tertiary/aromatic N) is 2. The average Bonchev–Trinajstić information content (AvgIpc) is 2.74. The zero-order chi connectivity index (χ0) is 18.5. The molecular weight excluding hydrogens is 372 g/mol. The number of carbonyl (C=O) groups excluding carboxylic acids is 1. The molecule has 4 rings (SSSR count). The van der Waals surface area contributed by atoms with E-state index >= 15 is 0 Å². The lowest BCUT2D eigenvalue weighted by Crippen LogP contribution is -2.58. The van der Waals surface area contributed by atoms with E-state index in [-0.39, 0.29) is 23.9 Å². The highest BCUT2D eigenvalue weighted by Crippen LogP contribution is 2.30. The minimum absolute atomic E-state index is 0. The summed E-state index contributed by atoms with van der Waals surface area (Å²) in [7, 11) is 0. The van der Waals surface area contributed by atoms with Crippen molar-refractivity contribution in [1.29, 1.82) is 0 Å². The molecule has 0 atom stereocenters. The van der Waals surface area contributed by atoms with Crippen LogP contribution in [0.2, 0.25) is 0 Å². The van der Waals surface area contributed by atoms with Crippen molar-refractivity contribution in [2.45, 2.75) is 24.9 Å². The Hall–Kier alpha value is -1.88. The van der Waals surface area contributed by atoms with E-state index in [9.17, 15) is 4.79 Å². The van der Waals surface area contributed by atoms with Crippen LogP contribution in [0.15, 0.2) is 60.7 Å². The molecule has 0 saturated carbocycles. The van der Waals surface area contributed by atoms with Crippen molar-refractivity contribution >= 4 is 18.3 Å². The lowest BCUT2D eigenvalue weighted by molar-refractivity contribution is -0.127. The number of amides is 1. The molecule has 150 valence electrons. The minimum atomic E-state index is -0.161. The van der Waals surface area contributed by atoms with Crippen molar-refractivity contribution in [3.8, 4) is 0 Å². The summed E-state index contributed by atoms with van der Waals surface area (Å²) in [4.78, 5) is 17.3. The van der Waals surface area contributed by atoms with Gasteiger partial charge in [-0.1, -0.05) is 48.5 Å². The summed E-state index contributed by atoms with van der Waals surface area (Å²) < 4.78 is 6.21. The summed E-state index contributed by atoms with van der Waals surface area (Å²) in [6, 6.07) is 20.3. The molecule has 1 spiro atoms. The third kappa shape index (κ3) is 4.93. The number of halogens is 1. The molecule has 0 bridgehead atoms. The molecule has 1 amide bonds. The fourth-order valence-corrected chi connectivity index (χ4v) is 4.20. The Labute approximate surface area is 173 Å². The zero-order valence-corrected chi connectivity index (χ0v) is 17.1. The first kappa shape index (κ1) is 20.8. The molecule has 2 fully saturated rings. The molecule has 2 aromatic carbocycles. The van der Waals surface area contributed by atoms with Crippen LogP contribution in [0, 0.1) is 0 Å². The van der Waals surface area contributed by atoms with Gasteiger partial charge in [0.05, 0.1) is 18.8 Å². The van der Waals surface area contributed by atoms with Crippen molar-refractivity contribution in [2.24, 2.45) is 0 Å². The highest BCUT2D eigenvalue weighted by atomic mass is 35.5. The van der Waals surface area contributed by atoms with Crippen LogP contribution >= 0.6 is 12.4 Å². The number of piperidine rings is 1. The molecule has 2 aliphatic heterocycles. The minimum Gasteiger partial charge on any atom is -0.371 e. The Bertz CT molecular complexity index is 746. The first-order valence-corrected chi connectivity index (χ1v) is 9.99. The van der Waals surface area contributed by atoms with Gasteiger partial charge in [-0.2, -0.15) is 0 Å². The Morgan fingerprint density at radius 3 is 2.25 bits per heavy atom. The molecule has 0 unspecified atom stereocenters. The molecule has 2 saturated heterocycles. The molecule has 2 heterocycles. The van der Waals surface area contributed by atoms with Gasteiger partial charge in [-0.3, -0.25) is 4.79 Å². The first-order valence-electron chi connectivity index (χ1n) is 9.99. The molecule has 2 aromatic rings. The van der Waals surface area contributed by atoms with Gasteiger partial charge in [-0.25, -0.2) is 0 Å². The van der Waals surface area contributed by atoms with E-state index in [0.717, 1.165) is 44.5 Å². The third-order valence-corrected chi connectivity index (χ3v) is 5.88. The number of hydrogen-bond donors (Lipinski definition) is 0. The van der Waals surface area contributed by atoms with Crippen LogP contribution in [0.25, 0.3) is 0 Å². The topological polar surface area (TPSA) is 32.8 Å². The van der Waals surface area contributed by atoms with Crippen molar-refractivity contribution in [3.63, 3.8) is 0 Å². The summed E-state index contributed by atoms with van der Waals surface area (Å²) in [5.74, 6) is 0.129. The zero-order valence-electron chi connectivity index (χ0n) is 16.3. The van der Waals surface area contributed by atoms with Gasteiger partial charge in [0.25, 0.3) is 5.91 Å². The standard InChI is InChI=1S/C23H28N2O2.ClH/c26-22(21-9-5-2-6-10-21)25-17-18-27-23(19-25)12-15-24(16-13-23)14-11-20-7-3-1-4-8-20;/h1-10H,11-19H2;1H. The number of benzene rings is 2. The van der Waals surface area contributed by atoms with E-state index < -0.39 is 0 Å². The number of morpholine rings is 1. The van der Waals surface area contributed by atoms with Crippen LogP contribution in [0.5, 0.6) is 0 Å². The molecule has 0 radical (unpaired) electrons. The van der Waals surface area contributed by atoms with Gasteiger partial charge >= 0.3 is 0 Å². The second kappa shape index (κ2) is 9.55. The molecule has 5 heteroatoms. The lowest BCUT2D eigenvalue weighted by Gasteiger charge is -2.47. The SMILES string of the molecule is Cl.O=C(c1ccccc1)N1CCOC2(CCN(CCc3ccccc3)CC2)C1. The number of ether oxygens (including phenoxy) is 1. The van der Waals surface area contributed by atoms with Crippen LogP contribution < -0.4 is 0 Å². The Morgan fingerprint density at radius 1 is 0.929 bits per heavy atom. The van der Waals surface area contributed by atoms with E-state index in [2.05, 4.69) is 35.2 Å². The first-order chi connectivity index (χ1) is 13.2. The molecule has 28 heavy (non-hydrogen) atoms. The molecule has 0 N–H and O–H groups in total. The van der Waals surface area contributed by atoms with E-state index in [4.69, 9.17) is 4.74 Å². The summed E-state index contributed by atoms with van der Waals surface area (Å²) in [6.45, 7) is 5.22. The van der Waals surface area contributed by atoms with Crippen molar-refractivity contribution < 1.29 is 9.53 Å². The normalized spacial score (nSPS) is 19.2. The van der Waals surface area contributed by atoms with E-state index in [1.165, 1.54) is 5.56 Å². The fourth-order valence-electron chi connectivity index (χ4n) is 4.20. The summed E-state index contributed by atoms with van der Waals surface area (Å²) >= 11 is 0. The lowest BCUT2D eigenvalue weighted by atomic mass is 9.89. The Kier molecular flexibility index (Phi) is 7.11. The molecule has 2 aliphatic rings. The van der Waals surface area contributed by atoms with E-state index in [0.29, 0.717) is 19.7 Å². The van der Waals surface area contributed by atoms with Gasteiger partial charge in [0.2, 0.25) is 0 Å². The highest BCUT2D eigenvalue weighted by molar-refractivity contribution is 5.94. The third-order valence-electron chi connectivity index (χ3n) is 5.88. The summed E-state index contributed by atoms with van der Waals surface area (Å²) in [6.07, 6.45) is 3.09. The maximum Gasteiger partial charge on any atom is 0.254 e. The van der Waals surface area contributed by atoms with Crippen molar-refractivity contribution in [1.82, 2.24) is 9.80 Å². The number of rotatable bonds is 4. The van der Waals surface area contributed by atoms with Crippen LogP contribution in [0.4, 0.5) is 0 Å². The van der Waals surface area contributed by atoms with Gasteiger partial charge < -0.3 is 14.5 Å². The second-order valence-corrected chi connectivity index (χ2v) is 7.70. The Morgan fingerprint density at radius 2 is 1.57 bits per heavy atom. The quantitative estimate of drug-likeness (QED) is 0.785. The maximum atomic E-state index is 12.8. The van der Waals surface area contributed by atoms with Gasteiger partial charge in [0.1, 0.15) is 0 Å². The van der Waals surface area contributed by atoms with Gasteiger partial charge in [0, 0.05) is 31.7 Å². The maximum absolute atomic E-state index is 12.8. The molecular formula is C23H29ClN2O2. The summed E-state index contributed by atoms with van der Waals surface area (Å²) in [5, 5.41) is 0. The van der Waals surface area contributed by atoms with Crippen LogP contribution in [0.1, 0.15) is 28.8 Å². The van der Waals surface area contributed by atoms with Crippen LogP contribution in [-0.4, -0.2) is 60.6 Å². The van der Waals surface area contributed by atoms with E-state index in [1.807, 2.05) is 35.2 Å². The summed E-state index contributed by atoms with van der Waals surface area (Å²) in [5.41, 5.74) is 2.01. The monoisotopic (exact) mass is 400 g/mol. The number of carbonyl (C=O) groups is 1. The molecule has 0 aliphatic carbocycles. The van der Waals surface area contributed by atoms with Crippen molar-refractivity contribution in [3.05, 3.63) is 71.8 Å². The Balaban J connectivity index is 0.00000225. The van der Waals surface area contributed by atoms with Crippen LogP contribution in [-0.2, 0) is 11.2 Å². The van der Waals surface area contributed by atoms with Gasteiger partial charge in [-0.05, 0) is 37.0 Å². The van der Waals surface area contributed by atoms with Gasteiger partial charge in [0.15, 0.2) is 0 Å². The average molecular weight is 401 g/mol. The second-order valence-electron chi connectivity index (χ2n) is 7.70. The smallest absolute Gasteiger partial charge is 0.254 e. The highest BCUT2D eigenvalue weighted by Gasteiger charge is 2.40. The number of likely N-dealkylation sites (tertiary alicyclic amines) is 1. The number of hydrogen-bond acceptors (Lipinski definition) is 3. The fraction of sp³-hybridized carbons (Fsp3) is 0.435. The largest absolute Gasteiger partial charge is 0.371 e. The van der Waals surface area contributed by atoms with Gasteiger partial charge in [-0.15, -0.1) is 12.4 Å².